The Kier molecular flexibility index (Phi) is 3.71. The van der Waals surface area contributed by atoms with Crippen molar-refractivity contribution < 1.29 is 9.53 Å². The molecule has 1 amide bonds. The van der Waals surface area contributed by atoms with E-state index in [2.05, 4.69) is 4.90 Å². The number of likely N-dealkylation sites (tertiary alicyclic amines) is 1. The summed E-state index contributed by atoms with van der Waals surface area (Å²) in [4.78, 5) is 15.1. The monoisotopic (exact) mass is 201 g/mol. The minimum Gasteiger partial charge on any atom is -0.453 e. The smallest absolute Gasteiger partial charge is 0.409 e. The fourth-order valence-corrected chi connectivity index (χ4v) is 1.89. The standard InChI is InChI=1S/C9H19N3O2/c1-11(2)6-8-4-7(10)5-12(8)9(13)14-3/h7-8H,4-6,10H2,1-3H3/t7-,8-/m1/s1. The highest BCUT2D eigenvalue weighted by molar-refractivity contribution is 5.68. The Morgan fingerprint density at radius 1 is 1.64 bits per heavy atom. The second kappa shape index (κ2) is 4.61. The topological polar surface area (TPSA) is 58.8 Å². The van der Waals surface area contributed by atoms with E-state index in [1.54, 1.807) is 4.90 Å². The lowest BCUT2D eigenvalue weighted by Crippen LogP contribution is -2.41. The van der Waals surface area contributed by atoms with Crippen LogP contribution in [0.25, 0.3) is 0 Å². The van der Waals surface area contributed by atoms with E-state index in [1.165, 1.54) is 7.11 Å². The first-order valence-corrected chi connectivity index (χ1v) is 4.79. The number of ether oxygens (including phenoxy) is 1. The zero-order valence-electron chi connectivity index (χ0n) is 9.06. The Hall–Kier alpha value is -0.810. The molecule has 1 heterocycles. The van der Waals surface area contributed by atoms with Crippen molar-refractivity contribution in [3.05, 3.63) is 0 Å². The average molecular weight is 201 g/mol. The molecule has 0 aromatic rings. The van der Waals surface area contributed by atoms with Crippen molar-refractivity contribution in [2.45, 2.75) is 18.5 Å². The summed E-state index contributed by atoms with van der Waals surface area (Å²) in [5.74, 6) is 0. The van der Waals surface area contributed by atoms with E-state index in [9.17, 15) is 4.79 Å². The molecular weight excluding hydrogens is 182 g/mol. The van der Waals surface area contributed by atoms with Gasteiger partial charge in [0, 0.05) is 25.2 Å². The normalized spacial score (nSPS) is 27.1. The molecule has 2 N–H and O–H groups in total. The molecule has 1 rings (SSSR count). The maximum Gasteiger partial charge on any atom is 0.409 e. The first-order chi connectivity index (χ1) is 6.54. The quantitative estimate of drug-likeness (QED) is 0.667. The second-order valence-corrected chi connectivity index (χ2v) is 4.03. The van der Waals surface area contributed by atoms with Crippen LogP contribution in [0.15, 0.2) is 0 Å². The van der Waals surface area contributed by atoms with Gasteiger partial charge in [-0.3, -0.25) is 0 Å². The van der Waals surface area contributed by atoms with Crippen molar-refractivity contribution in [3.8, 4) is 0 Å². The molecule has 5 heteroatoms. The number of amides is 1. The minimum atomic E-state index is -0.273. The Bertz CT molecular complexity index is 208. The fraction of sp³-hybridized carbons (Fsp3) is 0.889. The van der Waals surface area contributed by atoms with E-state index in [-0.39, 0.29) is 18.2 Å². The van der Waals surface area contributed by atoms with Crippen LogP contribution in [0.5, 0.6) is 0 Å². The van der Waals surface area contributed by atoms with Crippen LogP contribution in [-0.4, -0.2) is 62.3 Å². The molecule has 0 saturated carbocycles. The third kappa shape index (κ3) is 2.59. The molecule has 0 spiro atoms. The molecule has 1 fully saturated rings. The molecule has 14 heavy (non-hydrogen) atoms. The largest absolute Gasteiger partial charge is 0.453 e. The molecule has 0 aromatic heterocycles. The van der Waals surface area contributed by atoms with Gasteiger partial charge in [-0.05, 0) is 20.5 Å². The van der Waals surface area contributed by atoms with Gasteiger partial charge in [-0.1, -0.05) is 0 Å². The van der Waals surface area contributed by atoms with E-state index in [1.807, 2.05) is 14.1 Å². The molecule has 1 aliphatic rings. The van der Waals surface area contributed by atoms with Crippen molar-refractivity contribution in [3.63, 3.8) is 0 Å². The van der Waals surface area contributed by atoms with Crippen LogP contribution in [0.4, 0.5) is 4.79 Å². The summed E-state index contributed by atoms with van der Waals surface area (Å²) in [5, 5.41) is 0. The van der Waals surface area contributed by atoms with Gasteiger partial charge in [0.25, 0.3) is 0 Å². The molecule has 82 valence electrons. The highest BCUT2D eigenvalue weighted by atomic mass is 16.5. The molecule has 0 bridgehead atoms. The van der Waals surface area contributed by atoms with Crippen LogP contribution in [-0.2, 0) is 4.74 Å². The summed E-state index contributed by atoms with van der Waals surface area (Å²) in [6.45, 7) is 1.44. The number of nitrogens with zero attached hydrogens (tertiary/aromatic N) is 2. The fourth-order valence-electron chi connectivity index (χ4n) is 1.89. The lowest BCUT2D eigenvalue weighted by molar-refractivity contribution is 0.112. The zero-order valence-corrected chi connectivity index (χ0v) is 9.06. The number of nitrogens with two attached hydrogens (primary N) is 1. The van der Waals surface area contributed by atoms with Crippen LogP contribution in [0.1, 0.15) is 6.42 Å². The van der Waals surface area contributed by atoms with Gasteiger partial charge in [-0.25, -0.2) is 4.79 Å². The van der Waals surface area contributed by atoms with Crippen LogP contribution in [0.3, 0.4) is 0 Å². The van der Waals surface area contributed by atoms with E-state index < -0.39 is 0 Å². The van der Waals surface area contributed by atoms with E-state index in [4.69, 9.17) is 10.5 Å². The summed E-state index contributed by atoms with van der Waals surface area (Å²) in [6, 6.07) is 0.270. The summed E-state index contributed by atoms with van der Waals surface area (Å²) < 4.78 is 4.71. The van der Waals surface area contributed by atoms with Crippen LogP contribution in [0.2, 0.25) is 0 Å². The number of carbonyl (C=O) groups is 1. The third-order valence-electron chi connectivity index (χ3n) is 2.43. The van der Waals surface area contributed by atoms with E-state index in [0.29, 0.717) is 6.54 Å². The van der Waals surface area contributed by atoms with Crippen LogP contribution < -0.4 is 5.73 Å². The number of likely N-dealkylation sites (N-methyl/N-ethyl adjacent to an activating group) is 1. The zero-order chi connectivity index (χ0) is 10.7. The molecule has 0 aromatic carbocycles. The van der Waals surface area contributed by atoms with Crippen molar-refractivity contribution in [2.75, 3.05) is 34.3 Å². The highest BCUT2D eigenvalue weighted by Gasteiger charge is 2.34. The van der Waals surface area contributed by atoms with E-state index >= 15 is 0 Å². The number of hydrogen-bond donors (Lipinski definition) is 1. The van der Waals surface area contributed by atoms with Gasteiger partial charge in [0.05, 0.1) is 7.11 Å². The van der Waals surface area contributed by atoms with Crippen molar-refractivity contribution in [1.29, 1.82) is 0 Å². The Labute approximate surface area is 84.8 Å². The minimum absolute atomic E-state index is 0.0825. The molecule has 1 saturated heterocycles. The van der Waals surface area contributed by atoms with Gasteiger partial charge in [0.1, 0.15) is 0 Å². The van der Waals surface area contributed by atoms with E-state index in [0.717, 1.165) is 13.0 Å². The Balaban J connectivity index is 2.58. The highest BCUT2D eigenvalue weighted by Crippen LogP contribution is 2.17. The maximum atomic E-state index is 11.4. The third-order valence-corrected chi connectivity index (χ3v) is 2.43. The van der Waals surface area contributed by atoms with Crippen molar-refractivity contribution >= 4 is 6.09 Å². The first kappa shape index (κ1) is 11.3. The Morgan fingerprint density at radius 3 is 2.79 bits per heavy atom. The van der Waals surface area contributed by atoms with Gasteiger partial charge in [0.15, 0.2) is 0 Å². The van der Waals surface area contributed by atoms with Crippen LogP contribution in [0, 0.1) is 0 Å². The lowest BCUT2D eigenvalue weighted by Gasteiger charge is -2.25. The SMILES string of the molecule is COC(=O)N1C[C@H](N)C[C@@H]1CN(C)C. The van der Waals surface area contributed by atoms with Gasteiger partial charge in [-0.15, -0.1) is 0 Å². The number of hydrogen-bond acceptors (Lipinski definition) is 4. The average Bonchev–Trinajstić information content (AvgIpc) is 2.44. The lowest BCUT2D eigenvalue weighted by atomic mass is 10.2. The molecule has 0 unspecified atom stereocenters. The first-order valence-electron chi connectivity index (χ1n) is 4.79. The van der Waals surface area contributed by atoms with Crippen molar-refractivity contribution in [1.82, 2.24) is 9.80 Å². The van der Waals surface area contributed by atoms with Gasteiger partial charge >= 0.3 is 6.09 Å². The summed E-state index contributed by atoms with van der Waals surface area (Å²) in [6.07, 6.45) is 0.581. The molecule has 0 aliphatic carbocycles. The number of rotatable bonds is 2. The van der Waals surface area contributed by atoms with Crippen LogP contribution >= 0.6 is 0 Å². The molecule has 0 radical (unpaired) electrons. The predicted molar refractivity (Wildman–Crippen MR) is 54.0 cm³/mol. The number of methoxy groups -OCH3 is 1. The molecule has 1 aliphatic heterocycles. The molecule has 2 atom stereocenters. The van der Waals surface area contributed by atoms with Gasteiger partial charge in [0.2, 0.25) is 0 Å². The second-order valence-electron chi connectivity index (χ2n) is 4.03. The maximum absolute atomic E-state index is 11.4. The number of carbonyl (C=O) groups excluding carboxylic acids is 1. The van der Waals surface area contributed by atoms with Gasteiger partial charge < -0.3 is 20.3 Å². The Morgan fingerprint density at radius 2 is 2.29 bits per heavy atom. The van der Waals surface area contributed by atoms with Crippen molar-refractivity contribution in [2.24, 2.45) is 5.73 Å². The summed E-state index contributed by atoms with van der Waals surface area (Å²) >= 11 is 0. The van der Waals surface area contributed by atoms with Gasteiger partial charge in [-0.2, -0.15) is 0 Å². The molecule has 5 nitrogen and oxygen atoms in total. The summed E-state index contributed by atoms with van der Waals surface area (Å²) in [7, 11) is 5.37. The predicted octanol–water partition coefficient (Wildman–Crippen LogP) is -0.284. The molecular formula is C9H19N3O2. The summed E-state index contributed by atoms with van der Waals surface area (Å²) in [5.41, 5.74) is 5.82.